The van der Waals surface area contributed by atoms with E-state index in [1.165, 1.54) is 12.4 Å². The van der Waals surface area contributed by atoms with Gasteiger partial charge < -0.3 is 64.9 Å². The number of nitrogens with zero attached hydrogens (tertiary/aromatic N) is 4. The van der Waals surface area contributed by atoms with Gasteiger partial charge in [-0.05, 0) is 27.7 Å². The van der Waals surface area contributed by atoms with Crippen LogP contribution < -0.4 is 27.0 Å². The van der Waals surface area contributed by atoms with Gasteiger partial charge in [0.2, 0.25) is 11.8 Å². The topological polar surface area (TPSA) is 234 Å². The molecule has 0 saturated carbocycles. The minimum absolute atomic E-state index is 0.0124. The molecule has 19 nitrogen and oxygen atoms in total. The maximum atomic E-state index is 13.2. The fourth-order valence-electron chi connectivity index (χ4n) is 7.24. The van der Waals surface area contributed by atoms with Gasteiger partial charge in [0.05, 0.1) is 82.6 Å². The number of rotatable bonds is 18. The van der Waals surface area contributed by atoms with E-state index in [1.807, 2.05) is 0 Å². The summed E-state index contributed by atoms with van der Waals surface area (Å²) in [5, 5.41) is 11.4. The molecular weight excluding hydrogens is 844 g/mol. The maximum absolute atomic E-state index is 13.2. The summed E-state index contributed by atoms with van der Waals surface area (Å²) in [6.45, 7) is 7.28. The van der Waals surface area contributed by atoms with Crippen molar-refractivity contribution < 1.29 is 73.8 Å². The highest BCUT2D eigenvalue weighted by Crippen LogP contribution is 2.38. The van der Waals surface area contributed by atoms with E-state index in [4.69, 9.17) is 43.6 Å². The average molecular weight is 896 g/mol. The van der Waals surface area contributed by atoms with Gasteiger partial charge in [-0.2, -0.15) is 26.3 Å². The number of nitrogens with two attached hydrogens (primary N) is 1. The summed E-state index contributed by atoms with van der Waals surface area (Å²) in [6, 6.07) is -1.77. The van der Waals surface area contributed by atoms with Gasteiger partial charge in [0.15, 0.2) is 23.0 Å². The normalized spacial score (nSPS) is 28.4. The summed E-state index contributed by atoms with van der Waals surface area (Å²) in [5.74, 6) is -2.90. The smallest absolute Gasteiger partial charge is 0.379 e. The van der Waals surface area contributed by atoms with Gasteiger partial charge in [0, 0.05) is 25.9 Å². The van der Waals surface area contributed by atoms with E-state index in [9.17, 15) is 35.9 Å². The number of anilines is 2. The molecule has 6 rings (SSSR count). The summed E-state index contributed by atoms with van der Waals surface area (Å²) < 4.78 is 126. The van der Waals surface area contributed by atoms with Crippen molar-refractivity contribution in [3.05, 3.63) is 36.2 Å². The van der Waals surface area contributed by atoms with Crippen LogP contribution in [0.25, 0.3) is 0 Å². The fourth-order valence-corrected chi connectivity index (χ4v) is 7.24. The Morgan fingerprint density at radius 2 is 1.08 bits per heavy atom. The second kappa shape index (κ2) is 19.8. The van der Waals surface area contributed by atoms with Gasteiger partial charge in [0.25, 0.3) is 0 Å². The summed E-state index contributed by atoms with van der Waals surface area (Å²) >= 11 is 0. The third kappa shape index (κ3) is 13.0. The second-order valence-corrected chi connectivity index (χ2v) is 16.0. The summed E-state index contributed by atoms with van der Waals surface area (Å²) in [6.07, 6.45) is -9.51. The number of hydrogen-bond acceptors (Lipinski definition) is 17. The zero-order valence-corrected chi connectivity index (χ0v) is 34.3. The molecule has 4 aliphatic heterocycles. The summed E-state index contributed by atoms with van der Waals surface area (Å²) in [4.78, 5) is 39.7. The molecule has 2 aromatic heterocycles. The first-order valence-corrected chi connectivity index (χ1v) is 19.9. The van der Waals surface area contributed by atoms with E-state index >= 15 is 0 Å². The molecule has 0 bridgehead atoms. The van der Waals surface area contributed by atoms with E-state index in [-0.39, 0.29) is 89.0 Å². The quantitative estimate of drug-likeness (QED) is 0.106. The minimum Gasteiger partial charge on any atom is -0.379 e. The van der Waals surface area contributed by atoms with Gasteiger partial charge in [-0.1, -0.05) is 0 Å². The van der Waals surface area contributed by atoms with Gasteiger partial charge in [-0.15, -0.1) is 0 Å². The molecule has 62 heavy (non-hydrogen) atoms. The largest absolute Gasteiger partial charge is 0.434 e. The van der Waals surface area contributed by atoms with Crippen LogP contribution in [0.5, 0.6) is 0 Å². The Morgan fingerprint density at radius 3 is 1.47 bits per heavy atom. The van der Waals surface area contributed by atoms with E-state index < -0.39 is 90.1 Å². The van der Waals surface area contributed by atoms with E-state index in [0.717, 1.165) is 0 Å². The SMILES string of the molecule is CC1(C)O[C@@H]2[C@H](O1)[C@@H](Nc1cncc(C(F)(F)F)n1)CO[C@@H]2CNC(=O)CCOCC(N)COCCC(=O)NC[C@H]1OC[C@H](Nc2cncc(C(F)(F)F)n2)[C@H]2OC(C)(C)O[C@H]21. The standard InChI is InChI=1S/C37H51F6N9O10/c1-34(2)59-30-20(49-26-13-45-11-24(51-26)36(38,39)40)17-57-22(32(30)61-34)9-47-28(53)5-7-55-15-19(44)16-56-8-6-29(54)48-10-23-33-31(60-35(3,4)62-33)21(18-58-23)50-27-14-46-12-25(52-27)37(41,42)43/h11-14,19-23,30-33H,5-10,15-18,44H2,1-4H3,(H,47,53)(H,48,54)(H,49,51)(H,50,52)/t20-,21-,22+,23+,30+,31+,32-,33-/m0/s1. The van der Waals surface area contributed by atoms with Crippen molar-refractivity contribution in [2.75, 3.05) is 63.4 Å². The molecule has 4 fully saturated rings. The second-order valence-electron chi connectivity index (χ2n) is 16.0. The first kappa shape index (κ1) is 47.4. The van der Waals surface area contributed by atoms with Crippen LogP contribution in [0.1, 0.15) is 51.9 Å². The molecule has 0 spiro atoms. The molecule has 346 valence electrons. The first-order valence-electron chi connectivity index (χ1n) is 19.9. The molecule has 0 unspecified atom stereocenters. The fraction of sp³-hybridized carbons (Fsp3) is 0.730. The number of carbonyl (C=O) groups excluding carboxylic acids is 2. The van der Waals surface area contributed by atoms with Crippen molar-refractivity contribution >= 4 is 23.5 Å². The van der Waals surface area contributed by atoms with Gasteiger partial charge in [-0.3, -0.25) is 19.6 Å². The van der Waals surface area contributed by atoms with Crippen molar-refractivity contribution in [2.45, 2.75) is 119 Å². The summed E-state index contributed by atoms with van der Waals surface area (Å²) in [7, 11) is 0. The third-order valence-corrected chi connectivity index (χ3v) is 9.96. The zero-order chi connectivity index (χ0) is 44.9. The van der Waals surface area contributed by atoms with Gasteiger partial charge >= 0.3 is 12.4 Å². The Hall–Kier alpha value is -4.08. The molecule has 8 atom stereocenters. The van der Waals surface area contributed by atoms with Crippen LogP contribution in [0, 0.1) is 0 Å². The number of ether oxygens (including phenoxy) is 8. The number of nitrogens with one attached hydrogen (secondary N) is 4. The molecule has 2 amide bonds. The lowest BCUT2D eigenvalue weighted by Crippen LogP contribution is -2.57. The average Bonchev–Trinajstić information content (AvgIpc) is 3.72. The molecule has 4 aliphatic rings. The monoisotopic (exact) mass is 895 g/mol. The summed E-state index contributed by atoms with van der Waals surface area (Å²) in [5.41, 5.74) is 3.78. The third-order valence-electron chi connectivity index (χ3n) is 9.96. The molecule has 6 heterocycles. The van der Waals surface area contributed by atoms with Crippen molar-refractivity contribution in [3.63, 3.8) is 0 Å². The molecule has 4 saturated heterocycles. The van der Waals surface area contributed by atoms with Crippen LogP contribution in [0.3, 0.4) is 0 Å². The van der Waals surface area contributed by atoms with E-state index in [1.54, 1.807) is 27.7 Å². The lowest BCUT2D eigenvalue weighted by atomic mass is 9.98. The number of carbonyl (C=O) groups is 2. The maximum Gasteiger partial charge on any atom is 0.434 e. The van der Waals surface area contributed by atoms with Crippen molar-refractivity contribution in [2.24, 2.45) is 5.73 Å². The predicted molar refractivity (Wildman–Crippen MR) is 201 cm³/mol. The molecular formula is C37H51F6N9O10. The minimum atomic E-state index is -4.67. The molecule has 6 N–H and O–H groups in total. The number of halogens is 6. The van der Waals surface area contributed by atoms with Gasteiger partial charge in [0.1, 0.15) is 48.3 Å². The van der Waals surface area contributed by atoms with Crippen LogP contribution in [0.4, 0.5) is 38.0 Å². The van der Waals surface area contributed by atoms with Crippen LogP contribution in [0.15, 0.2) is 24.8 Å². The highest BCUT2D eigenvalue weighted by atomic mass is 19.4. The molecule has 0 aliphatic carbocycles. The van der Waals surface area contributed by atoms with Crippen molar-refractivity contribution in [1.29, 1.82) is 0 Å². The Kier molecular flexibility index (Phi) is 15.1. The Labute approximate surface area is 352 Å². The molecule has 0 aromatic carbocycles. The van der Waals surface area contributed by atoms with Crippen LogP contribution in [-0.4, -0.2) is 151 Å². The Balaban J connectivity index is 0.833. The predicted octanol–water partition coefficient (Wildman–Crippen LogP) is 1.78. The van der Waals surface area contributed by atoms with E-state index in [0.29, 0.717) is 12.4 Å². The molecule has 2 aromatic rings. The molecule has 25 heteroatoms. The number of alkyl halides is 6. The number of fused-ring (bicyclic) bond motifs is 2. The van der Waals surface area contributed by atoms with Crippen LogP contribution in [0.2, 0.25) is 0 Å². The van der Waals surface area contributed by atoms with Gasteiger partial charge in [-0.25, -0.2) is 9.97 Å². The first-order chi connectivity index (χ1) is 29.2. The highest BCUT2D eigenvalue weighted by Gasteiger charge is 2.53. The number of amides is 2. The van der Waals surface area contributed by atoms with E-state index in [2.05, 4.69) is 41.2 Å². The van der Waals surface area contributed by atoms with Crippen LogP contribution >= 0.6 is 0 Å². The lowest BCUT2D eigenvalue weighted by molar-refractivity contribution is -0.154. The number of hydrogen-bond donors (Lipinski definition) is 5. The Bertz CT molecular complexity index is 1700. The molecule has 0 radical (unpaired) electrons. The van der Waals surface area contributed by atoms with Crippen molar-refractivity contribution in [3.8, 4) is 0 Å². The highest BCUT2D eigenvalue weighted by molar-refractivity contribution is 5.76. The Morgan fingerprint density at radius 1 is 0.694 bits per heavy atom. The lowest BCUT2D eigenvalue weighted by Gasteiger charge is -2.37. The van der Waals surface area contributed by atoms with Crippen LogP contribution in [-0.2, 0) is 59.8 Å². The van der Waals surface area contributed by atoms with Crippen molar-refractivity contribution in [1.82, 2.24) is 30.6 Å². The zero-order valence-electron chi connectivity index (χ0n) is 34.3. The number of aromatic nitrogens is 4.